The van der Waals surface area contributed by atoms with Crippen LogP contribution in [-0.2, 0) is 7.05 Å². The Kier molecular flexibility index (Phi) is 8.68. The van der Waals surface area contributed by atoms with Crippen LogP contribution >= 0.6 is 0 Å². The van der Waals surface area contributed by atoms with Crippen molar-refractivity contribution in [3.63, 3.8) is 0 Å². The third-order valence-electron chi connectivity index (χ3n) is 5.09. The fourth-order valence-corrected chi connectivity index (χ4v) is 3.57. The van der Waals surface area contributed by atoms with Gasteiger partial charge in [0.25, 0.3) is 5.91 Å². The van der Waals surface area contributed by atoms with Crippen LogP contribution in [0.4, 0.5) is 10.6 Å². The van der Waals surface area contributed by atoms with Crippen LogP contribution in [0.3, 0.4) is 0 Å². The monoisotopic (exact) mass is 423 g/mol. The van der Waals surface area contributed by atoms with Crippen molar-refractivity contribution in [3.05, 3.63) is 47.2 Å². The molecule has 1 aliphatic heterocycles. The number of carbonyl (C=O) groups is 2. The van der Waals surface area contributed by atoms with E-state index >= 15 is 0 Å². The fourth-order valence-electron chi connectivity index (χ4n) is 3.57. The topological polar surface area (TPSA) is 79.3 Å². The summed E-state index contributed by atoms with van der Waals surface area (Å²) in [5.41, 5.74) is 2.60. The highest BCUT2D eigenvalue weighted by molar-refractivity contribution is 5.95. The summed E-state index contributed by atoms with van der Waals surface area (Å²) in [5.74, 6) is 3.35. The van der Waals surface area contributed by atoms with Crippen LogP contribution < -0.4 is 10.6 Å². The first-order valence-electron chi connectivity index (χ1n) is 10.8. The Balaban J connectivity index is 0.00000166. The minimum Gasteiger partial charge on any atom is -0.337 e. The van der Waals surface area contributed by atoms with Crippen molar-refractivity contribution in [1.29, 1.82) is 0 Å². The largest absolute Gasteiger partial charge is 0.337 e. The molecule has 0 saturated carbocycles. The quantitative estimate of drug-likeness (QED) is 0.730. The van der Waals surface area contributed by atoms with Gasteiger partial charge in [0.2, 0.25) is 0 Å². The van der Waals surface area contributed by atoms with Gasteiger partial charge in [0, 0.05) is 37.8 Å². The molecule has 1 saturated heterocycles. The molecule has 166 valence electrons. The average molecular weight is 424 g/mol. The smallest absolute Gasteiger partial charge is 0.320 e. The van der Waals surface area contributed by atoms with Crippen molar-refractivity contribution in [2.75, 3.05) is 18.4 Å². The van der Waals surface area contributed by atoms with E-state index < -0.39 is 0 Å². The lowest BCUT2D eigenvalue weighted by Crippen LogP contribution is -2.38. The van der Waals surface area contributed by atoms with Crippen LogP contribution in [0.5, 0.6) is 0 Å². The molecule has 1 fully saturated rings. The lowest BCUT2D eigenvalue weighted by atomic mass is 9.89. The Bertz CT molecular complexity index is 916. The highest BCUT2D eigenvalue weighted by atomic mass is 16.2. The minimum absolute atomic E-state index is 0.0175. The zero-order chi connectivity index (χ0) is 23.0. The Labute approximate surface area is 185 Å². The molecule has 3 rings (SSSR count). The molecule has 1 aliphatic rings. The van der Waals surface area contributed by atoms with E-state index in [-0.39, 0.29) is 18.0 Å². The molecule has 1 aromatic carbocycles. The summed E-state index contributed by atoms with van der Waals surface area (Å²) in [7, 11) is 1.71. The lowest BCUT2D eigenvalue weighted by Gasteiger charge is -2.32. The van der Waals surface area contributed by atoms with Crippen LogP contribution in [0.1, 0.15) is 68.1 Å². The summed E-state index contributed by atoms with van der Waals surface area (Å²) < 4.78 is 1.51. The summed E-state index contributed by atoms with van der Waals surface area (Å²) in [6, 6.07) is 9.39. The maximum atomic E-state index is 12.9. The SMILES string of the molecule is C#Cc1ccc(C2CCN(C(=O)c3cc(NC(=O)NC(C)C)nn3C)CC2)cc1.CC. The second-order valence-electron chi connectivity index (χ2n) is 7.62. The third kappa shape index (κ3) is 6.35. The maximum Gasteiger partial charge on any atom is 0.320 e. The molecule has 7 nitrogen and oxygen atoms in total. The van der Waals surface area contributed by atoms with Gasteiger partial charge in [-0.2, -0.15) is 5.10 Å². The van der Waals surface area contributed by atoms with Crippen LogP contribution in [0.2, 0.25) is 0 Å². The number of urea groups is 1. The van der Waals surface area contributed by atoms with E-state index in [0.717, 1.165) is 18.4 Å². The van der Waals surface area contributed by atoms with E-state index in [4.69, 9.17) is 6.42 Å². The molecule has 2 aromatic rings. The fraction of sp³-hybridized carbons (Fsp3) is 0.458. The Hall–Kier alpha value is -3.27. The van der Waals surface area contributed by atoms with Gasteiger partial charge in [0.05, 0.1) is 0 Å². The van der Waals surface area contributed by atoms with E-state index in [1.807, 2.05) is 44.7 Å². The predicted octanol–water partition coefficient (Wildman–Crippen LogP) is 3.98. The highest BCUT2D eigenvalue weighted by Crippen LogP contribution is 2.29. The summed E-state index contributed by atoms with van der Waals surface area (Å²) in [6.45, 7) is 9.12. The van der Waals surface area contributed by atoms with Gasteiger partial charge in [0.1, 0.15) is 5.69 Å². The summed E-state index contributed by atoms with van der Waals surface area (Å²) in [5, 5.41) is 9.63. The van der Waals surface area contributed by atoms with Gasteiger partial charge in [-0.15, -0.1) is 6.42 Å². The van der Waals surface area contributed by atoms with Crippen molar-refractivity contribution >= 4 is 17.8 Å². The van der Waals surface area contributed by atoms with Crippen molar-refractivity contribution in [3.8, 4) is 12.3 Å². The third-order valence-corrected chi connectivity index (χ3v) is 5.09. The minimum atomic E-state index is -0.339. The molecule has 2 heterocycles. The van der Waals surface area contributed by atoms with Gasteiger partial charge < -0.3 is 10.2 Å². The molecule has 0 spiro atoms. The standard InChI is InChI=1S/C22H27N5O2.C2H6/c1-5-16-6-8-17(9-7-16)18-10-12-27(13-11-18)21(28)19-14-20(25-26(19)4)24-22(29)23-15(2)3;1-2/h1,6-9,14-15,18H,10-13H2,2-4H3,(H2,23,24,25,29);1-2H3. The predicted molar refractivity (Wildman–Crippen MR) is 124 cm³/mol. The molecule has 31 heavy (non-hydrogen) atoms. The van der Waals surface area contributed by atoms with Crippen molar-refractivity contribution in [1.82, 2.24) is 20.0 Å². The number of anilines is 1. The number of carbonyl (C=O) groups excluding carboxylic acids is 2. The Morgan fingerprint density at radius 2 is 1.77 bits per heavy atom. The van der Waals surface area contributed by atoms with E-state index in [2.05, 4.69) is 33.8 Å². The van der Waals surface area contributed by atoms with Crippen molar-refractivity contribution in [2.24, 2.45) is 7.05 Å². The molecule has 0 unspecified atom stereocenters. The van der Waals surface area contributed by atoms with Crippen LogP contribution in [0.25, 0.3) is 0 Å². The normalized spacial score (nSPS) is 13.8. The maximum absolute atomic E-state index is 12.9. The molecule has 0 radical (unpaired) electrons. The number of benzene rings is 1. The van der Waals surface area contributed by atoms with Crippen LogP contribution in [0.15, 0.2) is 30.3 Å². The molecule has 0 bridgehead atoms. The number of hydrogen-bond acceptors (Lipinski definition) is 3. The van der Waals surface area contributed by atoms with E-state index in [1.54, 1.807) is 13.1 Å². The Morgan fingerprint density at radius 1 is 1.16 bits per heavy atom. The number of piperidine rings is 1. The number of terminal acetylenes is 1. The number of rotatable bonds is 4. The lowest BCUT2D eigenvalue weighted by molar-refractivity contribution is 0.0702. The number of nitrogens with one attached hydrogen (secondary N) is 2. The number of aryl methyl sites for hydroxylation is 1. The second kappa shape index (κ2) is 11.2. The summed E-state index contributed by atoms with van der Waals surface area (Å²) in [4.78, 5) is 26.6. The van der Waals surface area contributed by atoms with Crippen LogP contribution in [0, 0.1) is 12.3 Å². The molecule has 7 heteroatoms. The van der Waals surface area contributed by atoms with E-state index in [9.17, 15) is 9.59 Å². The highest BCUT2D eigenvalue weighted by Gasteiger charge is 2.26. The number of nitrogens with zero attached hydrogens (tertiary/aromatic N) is 3. The van der Waals surface area contributed by atoms with Gasteiger partial charge in [-0.3, -0.25) is 14.8 Å². The second-order valence-corrected chi connectivity index (χ2v) is 7.62. The molecule has 2 N–H and O–H groups in total. The first kappa shape index (κ1) is 24.0. The van der Waals surface area contributed by atoms with Crippen LogP contribution in [-0.4, -0.2) is 45.8 Å². The van der Waals surface area contributed by atoms with Gasteiger partial charge in [0.15, 0.2) is 5.82 Å². The molecule has 3 amide bonds. The molecule has 0 atom stereocenters. The van der Waals surface area contributed by atoms with Gasteiger partial charge in [-0.05, 0) is 50.3 Å². The number of aromatic nitrogens is 2. The van der Waals surface area contributed by atoms with Gasteiger partial charge in [-0.1, -0.05) is 31.9 Å². The first-order chi connectivity index (χ1) is 14.9. The van der Waals surface area contributed by atoms with Crippen molar-refractivity contribution < 1.29 is 9.59 Å². The van der Waals surface area contributed by atoms with Gasteiger partial charge >= 0.3 is 6.03 Å². The molecule has 1 aromatic heterocycles. The zero-order valence-electron chi connectivity index (χ0n) is 19.1. The zero-order valence-corrected chi connectivity index (χ0v) is 19.1. The molecule has 0 aliphatic carbocycles. The summed E-state index contributed by atoms with van der Waals surface area (Å²) >= 11 is 0. The van der Waals surface area contributed by atoms with Gasteiger partial charge in [-0.25, -0.2) is 4.79 Å². The number of hydrogen-bond donors (Lipinski definition) is 2. The van der Waals surface area contributed by atoms with E-state index in [0.29, 0.717) is 30.5 Å². The summed E-state index contributed by atoms with van der Waals surface area (Å²) in [6.07, 6.45) is 7.23. The number of likely N-dealkylation sites (tertiary alicyclic amines) is 1. The van der Waals surface area contributed by atoms with E-state index in [1.165, 1.54) is 10.2 Å². The van der Waals surface area contributed by atoms with Crippen molar-refractivity contribution in [2.45, 2.75) is 52.5 Å². The average Bonchev–Trinajstić information content (AvgIpc) is 3.14. The molecular weight excluding hydrogens is 390 g/mol. The number of amides is 3. The first-order valence-corrected chi connectivity index (χ1v) is 10.8. The Morgan fingerprint density at radius 3 is 2.32 bits per heavy atom. The molecular formula is C24H33N5O2.